The average molecular weight is 226 g/mol. The Labute approximate surface area is 102 Å². The third-order valence-electron chi connectivity index (χ3n) is 3.65. The van der Waals surface area contributed by atoms with Crippen molar-refractivity contribution in [1.82, 2.24) is 10.2 Å². The van der Waals surface area contributed by atoms with E-state index in [1.54, 1.807) is 0 Å². The van der Waals surface area contributed by atoms with Crippen LogP contribution in [0.3, 0.4) is 0 Å². The summed E-state index contributed by atoms with van der Waals surface area (Å²) in [4.78, 5) is 2.67. The van der Waals surface area contributed by atoms with Gasteiger partial charge in [-0.05, 0) is 52.7 Å². The summed E-state index contributed by atoms with van der Waals surface area (Å²) in [7, 11) is 0. The standard InChI is InChI=1S/C14H30N2/c1-4-5-6-7-10-16-11-8-13(2)15-14(3)9-12-16/h13-15H,4-12H2,1-3H3. The van der Waals surface area contributed by atoms with Crippen LogP contribution in [0.1, 0.15) is 59.3 Å². The summed E-state index contributed by atoms with van der Waals surface area (Å²) in [5.74, 6) is 0. The van der Waals surface area contributed by atoms with E-state index in [2.05, 4.69) is 31.0 Å². The Morgan fingerprint density at radius 2 is 1.62 bits per heavy atom. The Morgan fingerprint density at radius 1 is 1.00 bits per heavy atom. The molecule has 0 radical (unpaired) electrons. The van der Waals surface area contributed by atoms with Gasteiger partial charge in [-0.3, -0.25) is 0 Å². The van der Waals surface area contributed by atoms with E-state index in [1.165, 1.54) is 58.2 Å². The molecule has 1 rings (SSSR count). The number of hydrogen-bond donors (Lipinski definition) is 1. The molecule has 0 aromatic heterocycles. The van der Waals surface area contributed by atoms with Crippen LogP contribution in [0.25, 0.3) is 0 Å². The highest BCUT2D eigenvalue weighted by Gasteiger charge is 2.15. The van der Waals surface area contributed by atoms with Crippen molar-refractivity contribution >= 4 is 0 Å². The van der Waals surface area contributed by atoms with Crippen molar-refractivity contribution < 1.29 is 0 Å². The van der Waals surface area contributed by atoms with Gasteiger partial charge in [0, 0.05) is 12.1 Å². The molecule has 2 heteroatoms. The number of hydrogen-bond acceptors (Lipinski definition) is 2. The molecule has 0 aliphatic carbocycles. The molecule has 16 heavy (non-hydrogen) atoms. The predicted molar refractivity (Wildman–Crippen MR) is 71.9 cm³/mol. The van der Waals surface area contributed by atoms with E-state index in [0.29, 0.717) is 12.1 Å². The van der Waals surface area contributed by atoms with E-state index in [9.17, 15) is 0 Å². The third-order valence-corrected chi connectivity index (χ3v) is 3.65. The van der Waals surface area contributed by atoms with Crippen LogP contribution in [0, 0.1) is 0 Å². The Bertz CT molecular complexity index is 158. The molecule has 96 valence electrons. The molecular weight excluding hydrogens is 196 g/mol. The van der Waals surface area contributed by atoms with Crippen molar-refractivity contribution in [2.75, 3.05) is 19.6 Å². The molecule has 1 N–H and O–H groups in total. The maximum absolute atomic E-state index is 3.65. The van der Waals surface area contributed by atoms with Crippen molar-refractivity contribution in [1.29, 1.82) is 0 Å². The number of unbranched alkanes of at least 4 members (excludes halogenated alkanes) is 3. The van der Waals surface area contributed by atoms with Crippen molar-refractivity contribution in [3.63, 3.8) is 0 Å². The summed E-state index contributed by atoms with van der Waals surface area (Å²) < 4.78 is 0. The zero-order valence-electron chi connectivity index (χ0n) is 11.5. The third kappa shape index (κ3) is 5.86. The largest absolute Gasteiger partial charge is 0.312 e. The highest BCUT2D eigenvalue weighted by Crippen LogP contribution is 2.08. The van der Waals surface area contributed by atoms with Gasteiger partial charge in [-0.25, -0.2) is 0 Å². The molecule has 2 unspecified atom stereocenters. The molecule has 2 nitrogen and oxygen atoms in total. The van der Waals surface area contributed by atoms with Crippen LogP contribution in [0.4, 0.5) is 0 Å². The lowest BCUT2D eigenvalue weighted by molar-refractivity contribution is 0.215. The summed E-state index contributed by atoms with van der Waals surface area (Å²) >= 11 is 0. The predicted octanol–water partition coefficient (Wildman–Crippen LogP) is 3.03. The maximum atomic E-state index is 3.65. The van der Waals surface area contributed by atoms with Crippen LogP contribution in [-0.4, -0.2) is 36.6 Å². The SMILES string of the molecule is CCCCCCN1CCC(C)NC(C)CC1. The Morgan fingerprint density at radius 3 is 2.19 bits per heavy atom. The first-order chi connectivity index (χ1) is 7.72. The first-order valence-corrected chi connectivity index (χ1v) is 7.20. The van der Waals surface area contributed by atoms with Crippen LogP contribution in [0.5, 0.6) is 0 Å². The van der Waals surface area contributed by atoms with E-state index in [1.807, 2.05) is 0 Å². The summed E-state index contributed by atoms with van der Waals surface area (Å²) in [6.45, 7) is 10.8. The molecule has 1 aliphatic rings. The van der Waals surface area contributed by atoms with Gasteiger partial charge in [-0.1, -0.05) is 26.2 Å². The van der Waals surface area contributed by atoms with Gasteiger partial charge in [0.2, 0.25) is 0 Å². The van der Waals surface area contributed by atoms with Crippen LogP contribution < -0.4 is 5.32 Å². The molecule has 0 bridgehead atoms. The Balaban J connectivity index is 2.19. The Hall–Kier alpha value is -0.0800. The highest BCUT2D eigenvalue weighted by atomic mass is 15.1. The van der Waals surface area contributed by atoms with Gasteiger partial charge in [0.1, 0.15) is 0 Å². The second-order valence-electron chi connectivity index (χ2n) is 5.45. The normalized spacial score (nSPS) is 28.7. The number of rotatable bonds is 5. The Kier molecular flexibility index (Phi) is 7.06. The maximum Gasteiger partial charge on any atom is 0.00533 e. The molecule has 0 spiro atoms. The van der Waals surface area contributed by atoms with Gasteiger partial charge < -0.3 is 10.2 Å². The molecule has 0 saturated carbocycles. The average Bonchev–Trinajstić information content (AvgIpc) is 2.24. The number of nitrogens with zero attached hydrogens (tertiary/aromatic N) is 1. The molecular formula is C14H30N2. The van der Waals surface area contributed by atoms with E-state index >= 15 is 0 Å². The van der Waals surface area contributed by atoms with Crippen LogP contribution >= 0.6 is 0 Å². The van der Waals surface area contributed by atoms with E-state index in [-0.39, 0.29) is 0 Å². The minimum absolute atomic E-state index is 0.688. The topological polar surface area (TPSA) is 15.3 Å². The molecule has 0 aromatic carbocycles. The van der Waals surface area contributed by atoms with Crippen molar-refractivity contribution in [3.8, 4) is 0 Å². The first-order valence-electron chi connectivity index (χ1n) is 7.20. The highest BCUT2D eigenvalue weighted by molar-refractivity contribution is 4.74. The van der Waals surface area contributed by atoms with Crippen molar-refractivity contribution in [2.24, 2.45) is 0 Å². The van der Waals surface area contributed by atoms with Crippen molar-refractivity contribution in [2.45, 2.75) is 71.4 Å². The quantitative estimate of drug-likeness (QED) is 0.725. The van der Waals surface area contributed by atoms with Gasteiger partial charge in [-0.2, -0.15) is 0 Å². The van der Waals surface area contributed by atoms with E-state index < -0.39 is 0 Å². The minimum atomic E-state index is 0.688. The second-order valence-corrected chi connectivity index (χ2v) is 5.45. The fourth-order valence-corrected chi connectivity index (χ4v) is 2.50. The van der Waals surface area contributed by atoms with E-state index in [4.69, 9.17) is 0 Å². The monoisotopic (exact) mass is 226 g/mol. The van der Waals surface area contributed by atoms with Gasteiger partial charge in [0.15, 0.2) is 0 Å². The second kappa shape index (κ2) is 8.08. The summed E-state index contributed by atoms with van der Waals surface area (Å²) in [5, 5.41) is 3.65. The molecule has 1 heterocycles. The van der Waals surface area contributed by atoms with Crippen LogP contribution in [-0.2, 0) is 0 Å². The zero-order chi connectivity index (χ0) is 11.8. The van der Waals surface area contributed by atoms with Gasteiger partial charge in [-0.15, -0.1) is 0 Å². The van der Waals surface area contributed by atoms with Gasteiger partial charge in [0.05, 0.1) is 0 Å². The van der Waals surface area contributed by atoms with Crippen LogP contribution in [0.15, 0.2) is 0 Å². The fraction of sp³-hybridized carbons (Fsp3) is 1.00. The molecule has 0 aromatic rings. The molecule has 1 aliphatic heterocycles. The lowest BCUT2D eigenvalue weighted by Crippen LogP contribution is -2.43. The lowest BCUT2D eigenvalue weighted by Gasteiger charge is -2.30. The van der Waals surface area contributed by atoms with Crippen molar-refractivity contribution in [3.05, 3.63) is 0 Å². The summed E-state index contributed by atoms with van der Waals surface area (Å²) in [6.07, 6.45) is 8.16. The number of nitrogens with one attached hydrogen (secondary N) is 1. The van der Waals surface area contributed by atoms with Gasteiger partial charge in [0.25, 0.3) is 0 Å². The summed E-state index contributed by atoms with van der Waals surface area (Å²) in [6, 6.07) is 1.38. The molecule has 1 fully saturated rings. The molecule has 0 amide bonds. The van der Waals surface area contributed by atoms with Crippen LogP contribution in [0.2, 0.25) is 0 Å². The molecule has 1 saturated heterocycles. The van der Waals surface area contributed by atoms with E-state index in [0.717, 1.165) is 0 Å². The lowest BCUT2D eigenvalue weighted by atomic mass is 10.1. The van der Waals surface area contributed by atoms with Gasteiger partial charge >= 0.3 is 0 Å². The minimum Gasteiger partial charge on any atom is -0.312 e. The zero-order valence-corrected chi connectivity index (χ0v) is 11.5. The smallest absolute Gasteiger partial charge is 0.00533 e. The fourth-order valence-electron chi connectivity index (χ4n) is 2.50. The first kappa shape index (κ1) is 14.0. The summed E-state index contributed by atoms with van der Waals surface area (Å²) in [5.41, 5.74) is 0. The molecule has 2 atom stereocenters.